The van der Waals surface area contributed by atoms with Crippen molar-refractivity contribution in [2.24, 2.45) is 0 Å². The van der Waals surface area contributed by atoms with E-state index in [4.69, 9.17) is 11.6 Å². The van der Waals surface area contributed by atoms with E-state index in [0.29, 0.717) is 16.5 Å². The smallest absolute Gasteiger partial charge is 0.245 e. The molecule has 2 atom stereocenters. The van der Waals surface area contributed by atoms with E-state index in [1.165, 1.54) is 4.68 Å². The third-order valence-electron chi connectivity index (χ3n) is 3.67. The Kier molecular flexibility index (Phi) is 4.57. The number of benzene rings is 1. The predicted octanol–water partition coefficient (Wildman–Crippen LogP) is 1.82. The minimum Gasteiger partial charge on any atom is -0.340 e. The number of nitrogens with zero attached hydrogens (tertiary/aromatic N) is 5. The van der Waals surface area contributed by atoms with Gasteiger partial charge in [0.05, 0.1) is 10.7 Å². The van der Waals surface area contributed by atoms with Crippen molar-refractivity contribution in [1.29, 1.82) is 0 Å². The lowest BCUT2D eigenvalue weighted by atomic mass is 10.1. The second-order valence-electron chi connectivity index (χ2n) is 5.34. The normalized spacial score (nSPS) is 13.5. The maximum absolute atomic E-state index is 12.6. The van der Waals surface area contributed by atoms with Crippen molar-refractivity contribution in [1.82, 2.24) is 35.7 Å². The molecule has 0 fully saturated rings. The molecule has 0 saturated heterocycles. The molecule has 8 nitrogen and oxygen atoms in total. The van der Waals surface area contributed by atoms with Crippen LogP contribution in [0.25, 0.3) is 0 Å². The summed E-state index contributed by atoms with van der Waals surface area (Å²) in [5, 5.41) is 21.7. The van der Waals surface area contributed by atoms with Crippen molar-refractivity contribution in [3.05, 3.63) is 58.6 Å². The fourth-order valence-corrected chi connectivity index (χ4v) is 2.41. The molecule has 1 amide bonds. The maximum Gasteiger partial charge on any atom is 0.245 e. The molecule has 0 radical (unpaired) electrons. The molecule has 2 heterocycles. The number of rotatable bonds is 5. The standard InChI is InChI=1S/C15H16ClN7O/c1-9-12(16)8-23(20-9)10(2)15(24)17-13(14-18-21-22-19-14)11-6-4-3-5-7-11/h3-8,10,13H,1-2H3,(H,17,24)(H,18,19,21,22). The summed E-state index contributed by atoms with van der Waals surface area (Å²) in [6.07, 6.45) is 1.63. The summed E-state index contributed by atoms with van der Waals surface area (Å²) in [6.45, 7) is 3.53. The van der Waals surface area contributed by atoms with Gasteiger partial charge in [0.2, 0.25) is 11.7 Å². The minimum atomic E-state index is -0.533. The molecule has 0 aliphatic rings. The lowest BCUT2D eigenvalue weighted by molar-refractivity contribution is -0.124. The molecule has 0 aliphatic heterocycles. The maximum atomic E-state index is 12.6. The van der Waals surface area contributed by atoms with Gasteiger partial charge in [-0.2, -0.15) is 10.3 Å². The van der Waals surface area contributed by atoms with Gasteiger partial charge in [-0.1, -0.05) is 47.1 Å². The van der Waals surface area contributed by atoms with Crippen LogP contribution in [0.3, 0.4) is 0 Å². The second-order valence-corrected chi connectivity index (χ2v) is 5.75. The van der Waals surface area contributed by atoms with Crippen LogP contribution in [0.4, 0.5) is 0 Å². The number of tetrazole rings is 1. The number of amides is 1. The molecule has 3 rings (SSSR count). The van der Waals surface area contributed by atoms with Crippen LogP contribution >= 0.6 is 11.6 Å². The lowest BCUT2D eigenvalue weighted by Crippen LogP contribution is -2.35. The average Bonchev–Trinajstić information content (AvgIpc) is 3.23. The monoisotopic (exact) mass is 345 g/mol. The second kappa shape index (κ2) is 6.79. The number of aromatic nitrogens is 6. The topological polar surface area (TPSA) is 101 Å². The van der Waals surface area contributed by atoms with Gasteiger partial charge in [0.15, 0.2) is 0 Å². The van der Waals surface area contributed by atoms with Gasteiger partial charge in [-0.05, 0) is 19.4 Å². The average molecular weight is 346 g/mol. The van der Waals surface area contributed by atoms with Gasteiger partial charge in [0, 0.05) is 6.20 Å². The van der Waals surface area contributed by atoms with E-state index >= 15 is 0 Å². The number of carbonyl (C=O) groups excluding carboxylic acids is 1. The molecule has 0 saturated carbocycles. The Balaban J connectivity index is 1.83. The van der Waals surface area contributed by atoms with Gasteiger partial charge in [-0.15, -0.1) is 10.2 Å². The summed E-state index contributed by atoms with van der Waals surface area (Å²) in [4.78, 5) is 12.6. The summed E-state index contributed by atoms with van der Waals surface area (Å²) >= 11 is 6.01. The quantitative estimate of drug-likeness (QED) is 0.734. The molecule has 0 spiro atoms. The number of aryl methyl sites for hydroxylation is 1. The third kappa shape index (κ3) is 3.28. The number of aromatic amines is 1. The first-order chi connectivity index (χ1) is 11.6. The van der Waals surface area contributed by atoms with Crippen LogP contribution in [0.1, 0.15) is 36.1 Å². The van der Waals surface area contributed by atoms with Gasteiger partial charge in [0.25, 0.3) is 0 Å². The number of nitrogens with one attached hydrogen (secondary N) is 2. The number of H-pyrrole nitrogens is 1. The summed E-state index contributed by atoms with van der Waals surface area (Å²) in [7, 11) is 0. The van der Waals surface area contributed by atoms with Crippen LogP contribution in [-0.2, 0) is 4.79 Å². The Bertz CT molecular complexity index is 796. The van der Waals surface area contributed by atoms with Crippen molar-refractivity contribution >= 4 is 17.5 Å². The number of hydrogen-bond acceptors (Lipinski definition) is 5. The lowest BCUT2D eigenvalue weighted by Gasteiger charge is -2.19. The van der Waals surface area contributed by atoms with E-state index in [2.05, 4.69) is 31.0 Å². The van der Waals surface area contributed by atoms with Gasteiger partial charge in [-0.3, -0.25) is 9.48 Å². The van der Waals surface area contributed by atoms with Crippen molar-refractivity contribution in [2.45, 2.75) is 25.9 Å². The predicted molar refractivity (Wildman–Crippen MR) is 87.3 cm³/mol. The van der Waals surface area contributed by atoms with E-state index in [9.17, 15) is 4.79 Å². The van der Waals surface area contributed by atoms with Crippen molar-refractivity contribution in [3.8, 4) is 0 Å². The Hall–Kier alpha value is -2.74. The molecule has 2 unspecified atom stereocenters. The molecule has 2 aromatic heterocycles. The number of hydrogen-bond donors (Lipinski definition) is 2. The number of halogens is 1. The molecule has 0 bridgehead atoms. The molecule has 124 valence electrons. The number of carbonyl (C=O) groups is 1. The highest BCUT2D eigenvalue weighted by molar-refractivity contribution is 6.31. The van der Waals surface area contributed by atoms with Gasteiger partial charge >= 0.3 is 0 Å². The van der Waals surface area contributed by atoms with Gasteiger partial charge in [0.1, 0.15) is 12.1 Å². The van der Waals surface area contributed by atoms with Gasteiger partial charge < -0.3 is 5.32 Å². The van der Waals surface area contributed by atoms with E-state index in [-0.39, 0.29) is 5.91 Å². The molecule has 1 aromatic carbocycles. The first-order valence-corrected chi connectivity index (χ1v) is 7.74. The SMILES string of the molecule is Cc1nn(C(C)C(=O)NC(c2ccccc2)c2nn[nH]n2)cc1Cl. The first-order valence-electron chi connectivity index (χ1n) is 7.36. The van der Waals surface area contributed by atoms with Crippen LogP contribution in [0.15, 0.2) is 36.5 Å². The van der Waals surface area contributed by atoms with Crippen LogP contribution in [0.5, 0.6) is 0 Å². The highest BCUT2D eigenvalue weighted by Gasteiger charge is 2.25. The van der Waals surface area contributed by atoms with Crippen molar-refractivity contribution in [2.75, 3.05) is 0 Å². The highest BCUT2D eigenvalue weighted by Crippen LogP contribution is 2.20. The summed E-state index contributed by atoms with van der Waals surface area (Å²) < 4.78 is 1.53. The van der Waals surface area contributed by atoms with Gasteiger partial charge in [-0.25, -0.2) is 0 Å². The zero-order valence-corrected chi connectivity index (χ0v) is 13.9. The largest absolute Gasteiger partial charge is 0.340 e. The van der Waals surface area contributed by atoms with Crippen LogP contribution in [-0.4, -0.2) is 36.3 Å². The van der Waals surface area contributed by atoms with Crippen LogP contribution in [0, 0.1) is 6.92 Å². The van der Waals surface area contributed by atoms with E-state index in [0.717, 1.165) is 5.56 Å². The third-order valence-corrected chi connectivity index (χ3v) is 4.04. The molecule has 24 heavy (non-hydrogen) atoms. The zero-order valence-electron chi connectivity index (χ0n) is 13.1. The Morgan fingerprint density at radius 2 is 2.08 bits per heavy atom. The fourth-order valence-electron chi connectivity index (χ4n) is 2.28. The molecular formula is C15H16ClN7O. The highest BCUT2D eigenvalue weighted by atomic mass is 35.5. The first kappa shape index (κ1) is 16.1. The van der Waals surface area contributed by atoms with Crippen LogP contribution in [0.2, 0.25) is 5.02 Å². The zero-order chi connectivity index (χ0) is 17.1. The molecular weight excluding hydrogens is 330 g/mol. The van der Waals surface area contributed by atoms with E-state index in [1.807, 2.05) is 30.3 Å². The van der Waals surface area contributed by atoms with Crippen molar-refractivity contribution < 1.29 is 4.79 Å². The molecule has 3 aromatic rings. The summed E-state index contributed by atoms with van der Waals surface area (Å²) in [5.41, 5.74) is 1.53. The van der Waals surface area contributed by atoms with Crippen LogP contribution < -0.4 is 5.32 Å². The molecule has 2 N–H and O–H groups in total. The Morgan fingerprint density at radius 1 is 1.33 bits per heavy atom. The fraction of sp³-hybridized carbons (Fsp3) is 0.267. The summed E-state index contributed by atoms with van der Waals surface area (Å²) in [6, 6.07) is 8.40. The van der Waals surface area contributed by atoms with Crippen molar-refractivity contribution in [3.63, 3.8) is 0 Å². The minimum absolute atomic E-state index is 0.229. The van der Waals surface area contributed by atoms with E-state index < -0.39 is 12.1 Å². The Morgan fingerprint density at radius 3 is 2.67 bits per heavy atom. The summed E-state index contributed by atoms with van der Waals surface area (Å²) in [5.74, 6) is 0.157. The Labute approximate surface area is 143 Å². The molecule has 0 aliphatic carbocycles. The molecule has 9 heteroatoms. The van der Waals surface area contributed by atoms with E-state index in [1.54, 1.807) is 20.0 Å².